The van der Waals surface area contributed by atoms with E-state index in [1.807, 2.05) is 0 Å². The van der Waals surface area contributed by atoms with Crippen molar-refractivity contribution in [3.05, 3.63) is 0 Å². The lowest BCUT2D eigenvalue weighted by molar-refractivity contribution is -0.136. The zero-order valence-corrected chi connectivity index (χ0v) is 9.71. The summed E-state index contributed by atoms with van der Waals surface area (Å²) in [7, 11) is 0. The minimum Gasteiger partial charge on any atom is -0.353 e. The third-order valence-corrected chi connectivity index (χ3v) is 2.72. The van der Waals surface area contributed by atoms with E-state index in [2.05, 4.69) is 5.32 Å². The lowest BCUT2D eigenvalue weighted by atomic mass is 10.1. The summed E-state index contributed by atoms with van der Waals surface area (Å²) >= 11 is 0. The maximum atomic E-state index is 11.7. The molecule has 0 radical (unpaired) electrons. The first-order chi connectivity index (χ1) is 7.74. The van der Waals surface area contributed by atoms with Crippen LogP contribution in [0.25, 0.3) is 0 Å². The first kappa shape index (κ1) is 13.0. The molecule has 0 aliphatic carbocycles. The van der Waals surface area contributed by atoms with E-state index in [-0.39, 0.29) is 18.4 Å². The van der Waals surface area contributed by atoms with E-state index >= 15 is 0 Å². The van der Waals surface area contributed by atoms with Gasteiger partial charge in [0.15, 0.2) is 0 Å². The Hall–Kier alpha value is -1.10. The highest BCUT2D eigenvalue weighted by Gasteiger charge is 2.17. The molecule has 2 amide bonds. The second-order valence-corrected chi connectivity index (χ2v) is 4.12. The van der Waals surface area contributed by atoms with Crippen molar-refractivity contribution in [1.29, 1.82) is 0 Å². The van der Waals surface area contributed by atoms with Crippen molar-refractivity contribution in [2.24, 2.45) is 5.73 Å². The molecule has 0 aromatic carbocycles. The van der Waals surface area contributed by atoms with Gasteiger partial charge in [-0.25, -0.2) is 0 Å². The topological polar surface area (TPSA) is 75.4 Å². The third-order valence-electron chi connectivity index (χ3n) is 2.72. The van der Waals surface area contributed by atoms with Crippen LogP contribution in [-0.4, -0.2) is 42.9 Å². The van der Waals surface area contributed by atoms with Gasteiger partial charge in [0.2, 0.25) is 11.8 Å². The van der Waals surface area contributed by atoms with Crippen LogP contribution in [0.2, 0.25) is 0 Å². The quantitative estimate of drug-likeness (QED) is 0.701. The number of hydrogen-bond donors (Lipinski definition) is 2. The van der Waals surface area contributed by atoms with Gasteiger partial charge in [-0.05, 0) is 12.8 Å². The Morgan fingerprint density at radius 3 is 2.81 bits per heavy atom. The van der Waals surface area contributed by atoms with E-state index in [1.165, 1.54) is 0 Å². The molecule has 0 spiro atoms. The predicted octanol–water partition coefficient (Wildman–Crippen LogP) is -0.146. The molecule has 92 valence electrons. The van der Waals surface area contributed by atoms with E-state index in [0.717, 1.165) is 25.7 Å². The van der Waals surface area contributed by atoms with Crippen molar-refractivity contribution in [2.75, 3.05) is 26.2 Å². The van der Waals surface area contributed by atoms with E-state index in [9.17, 15) is 9.59 Å². The number of nitrogens with one attached hydrogen (secondary N) is 1. The summed E-state index contributed by atoms with van der Waals surface area (Å²) in [6.45, 7) is 1.79. The summed E-state index contributed by atoms with van der Waals surface area (Å²) in [5, 5.41) is 2.68. The number of likely N-dealkylation sites (tertiary alicyclic amines) is 1. The summed E-state index contributed by atoms with van der Waals surface area (Å²) in [5.74, 6) is -0.0121. The highest BCUT2D eigenvalue weighted by molar-refractivity contribution is 5.84. The molecule has 0 bridgehead atoms. The molecule has 0 unspecified atom stereocenters. The Morgan fingerprint density at radius 1 is 1.31 bits per heavy atom. The fourth-order valence-corrected chi connectivity index (χ4v) is 1.82. The number of carbonyl (C=O) groups excluding carboxylic acids is 2. The van der Waals surface area contributed by atoms with Gasteiger partial charge >= 0.3 is 0 Å². The minimum atomic E-state index is -0.112. The van der Waals surface area contributed by atoms with Crippen LogP contribution in [-0.2, 0) is 9.59 Å². The van der Waals surface area contributed by atoms with E-state index in [1.54, 1.807) is 4.90 Å². The largest absolute Gasteiger partial charge is 0.353 e. The Balaban J connectivity index is 2.36. The van der Waals surface area contributed by atoms with Crippen LogP contribution >= 0.6 is 0 Å². The summed E-state index contributed by atoms with van der Waals surface area (Å²) in [6, 6.07) is 0. The molecule has 1 aliphatic heterocycles. The van der Waals surface area contributed by atoms with Gasteiger partial charge in [0, 0.05) is 26.1 Å². The molecule has 3 N–H and O–H groups in total. The summed E-state index contributed by atoms with van der Waals surface area (Å²) in [6.07, 6.45) is 4.78. The first-order valence-electron chi connectivity index (χ1n) is 5.98. The van der Waals surface area contributed by atoms with Gasteiger partial charge < -0.3 is 16.0 Å². The Labute approximate surface area is 96.4 Å². The van der Waals surface area contributed by atoms with Crippen LogP contribution < -0.4 is 11.1 Å². The van der Waals surface area contributed by atoms with Gasteiger partial charge in [0.25, 0.3) is 0 Å². The normalized spacial score (nSPS) is 17.8. The fraction of sp³-hybridized carbons (Fsp3) is 0.818. The SMILES string of the molecule is NCCNC(=O)CN1CCCCCCC1=O. The lowest BCUT2D eigenvalue weighted by Crippen LogP contribution is -2.42. The Morgan fingerprint density at radius 2 is 2.06 bits per heavy atom. The molecule has 0 aromatic rings. The lowest BCUT2D eigenvalue weighted by Gasteiger charge is -2.24. The van der Waals surface area contributed by atoms with Crippen molar-refractivity contribution in [3.63, 3.8) is 0 Å². The number of rotatable bonds is 4. The first-order valence-corrected chi connectivity index (χ1v) is 5.98. The van der Waals surface area contributed by atoms with Gasteiger partial charge in [0.1, 0.15) is 0 Å². The van der Waals surface area contributed by atoms with Crippen LogP contribution in [0.4, 0.5) is 0 Å². The average Bonchev–Trinajstić information content (AvgIpc) is 2.26. The van der Waals surface area contributed by atoms with Gasteiger partial charge in [-0.3, -0.25) is 9.59 Å². The third kappa shape index (κ3) is 4.61. The molecule has 1 aliphatic rings. The van der Waals surface area contributed by atoms with Crippen LogP contribution in [0.5, 0.6) is 0 Å². The van der Waals surface area contributed by atoms with Crippen molar-refractivity contribution >= 4 is 11.8 Å². The van der Waals surface area contributed by atoms with Gasteiger partial charge in [0.05, 0.1) is 6.54 Å². The van der Waals surface area contributed by atoms with Crippen molar-refractivity contribution in [1.82, 2.24) is 10.2 Å². The van der Waals surface area contributed by atoms with E-state index in [4.69, 9.17) is 5.73 Å². The van der Waals surface area contributed by atoms with Crippen LogP contribution in [0.15, 0.2) is 0 Å². The molecule has 0 aromatic heterocycles. The van der Waals surface area contributed by atoms with Crippen LogP contribution in [0.1, 0.15) is 32.1 Å². The highest BCUT2D eigenvalue weighted by atomic mass is 16.2. The molecule has 0 saturated carbocycles. The summed E-state index contributed by atoms with van der Waals surface area (Å²) in [5.41, 5.74) is 5.29. The molecular weight excluding hydrogens is 206 g/mol. The van der Waals surface area contributed by atoms with Crippen molar-refractivity contribution in [3.8, 4) is 0 Å². The maximum absolute atomic E-state index is 11.7. The number of nitrogens with zero attached hydrogens (tertiary/aromatic N) is 1. The molecule has 16 heavy (non-hydrogen) atoms. The van der Waals surface area contributed by atoms with E-state index < -0.39 is 0 Å². The van der Waals surface area contributed by atoms with Gasteiger partial charge in [-0.1, -0.05) is 12.8 Å². The van der Waals surface area contributed by atoms with Gasteiger partial charge in [-0.2, -0.15) is 0 Å². The molecule has 0 atom stereocenters. The maximum Gasteiger partial charge on any atom is 0.239 e. The zero-order chi connectivity index (χ0) is 11.8. The molecule has 5 nitrogen and oxygen atoms in total. The van der Waals surface area contributed by atoms with Crippen molar-refractivity contribution in [2.45, 2.75) is 32.1 Å². The second kappa shape index (κ2) is 7.22. The summed E-state index contributed by atoms with van der Waals surface area (Å²) < 4.78 is 0. The van der Waals surface area contributed by atoms with Crippen molar-refractivity contribution < 1.29 is 9.59 Å². The smallest absolute Gasteiger partial charge is 0.239 e. The standard InChI is InChI=1S/C11H21N3O2/c12-6-7-13-10(15)9-14-8-4-2-1-3-5-11(14)16/h1-9,12H2,(H,13,15). The van der Waals surface area contributed by atoms with E-state index in [0.29, 0.717) is 26.1 Å². The molecule has 1 saturated heterocycles. The van der Waals surface area contributed by atoms with Crippen LogP contribution in [0, 0.1) is 0 Å². The fourth-order valence-electron chi connectivity index (χ4n) is 1.82. The second-order valence-electron chi connectivity index (χ2n) is 4.12. The minimum absolute atomic E-state index is 0.0996. The zero-order valence-electron chi connectivity index (χ0n) is 9.71. The number of carbonyl (C=O) groups is 2. The number of hydrogen-bond acceptors (Lipinski definition) is 3. The number of nitrogens with two attached hydrogens (primary N) is 1. The average molecular weight is 227 g/mol. The molecule has 1 rings (SSSR count). The number of amides is 2. The molecule has 1 fully saturated rings. The Bertz CT molecular complexity index is 243. The highest BCUT2D eigenvalue weighted by Crippen LogP contribution is 2.11. The molecule has 5 heteroatoms. The predicted molar refractivity (Wildman–Crippen MR) is 61.7 cm³/mol. The molecular formula is C11H21N3O2. The molecule has 1 heterocycles. The summed E-state index contributed by atoms with van der Waals surface area (Å²) in [4.78, 5) is 24.8. The Kier molecular flexibility index (Phi) is 5.85. The monoisotopic (exact) mass is 227 g/mol. The van der Waals surface area contributed by atoms with Crippen LogP contribution in [0.3, 0.4) is 0 Å². The van der Waals surface area contributed by atoms with Gasteiger partial charge in [-0.15, -0.1) is 0 Å².